The Morgan fingerprint density at radius 2 is 1.71 bits per heavy atom. The van der Waals surface area contributed by atoms with Crippen LogP contribution in [-0.2, 0) is 9.59 Å². The number of ether oxygens (including phenoxy) is 2. The summed E-state index contributed by atoms with van der Waals surface area (Å²) >= 11 is 12.4. The van der Waals surface area contributed by atoms with E-state index in [1.54, 1.807) is 17.0 Å². The molecule has 2 heterocycles. The highest BCUT2D eigenvalue weighted by Gasteiger charge is 2.32. The minimum atomic E-state index is -0.304. The van der Waals surface area contributed by atoms with Crippen molar-refractivity contribution in [3.63, 3.8) is 0 Å². The van der Waals surface area contributed by atoms with Crippen LogP contribution in [0.25, 0.3) is 11.1 Å². The molecule has 9 heteroatoms. The zero-order chi connectivity index (χ0) is 29.1. The van der Waals surface area contributed by atoms with Crippen molar-refractivity contribution in [3.8, 4) is 22.6 Å². The second-order valence-corrected chi connectivity index (χ2v) is 11.7. The highest BCUT2D eigenvalue weighted by molar-refractivity contribution is 6.42. The van der Waals surface area contributed by atoms with Gasteiger partial charge >= 0.3 is 0 Å². The first kappa shape index (κ1) is 29.2. The highest BCUT2D eigenvalue weighted by Crippen LogP contribution is 2.39. The van der Waals surface area contributed by atoms with E-state index in [9.17, 15) is 9.59 Å². The normalized spacial score (nSPS) is 16.0. The van der Waals surface area contributed by atoms with Gasteiger partial charge in [0.1, 0.15) is 18.0 Å². The zero-order valence-electron chi connectivity index (χ0n) is 23.6. The number of hydrogen-bond acceptors (Lipinski definition) is 5. The van der Waals surface area contributed by atoms with Gasteiger partial charge in [0.25, 0.3) is 5.91 Å². The van der Waals surface area contributed by atoms with Gasteiger partial charge in [0.15, 0.2) is 6.61 Å². The van der Waals surface area contributed by atoms with Crippen molar-refractivity contribution in [2.45, 2.75) is 38.8 Å². The largest absolute Gasteiger partial charge is 0.491 e. The molecule has 41 heavy (non-hydrogen) atoms. The van der Waals surface area contributed by atoms with E-state index in [0.717, 1.165) is 48.4 Å². The van der Waals surface area contributed by atoms with Crippen LogP contribution in [0.2, 0.25) is 10.0 Å². The number of likely N-dealkylation sites (tertiary alicyclic amines) is 1. The molecule has 0 bridgehead atoms. The summed E-state index contributed by atoms with van der Waals surface area (Å²) < 4.78 is 11.4. The van der Waals surface area contributed by atoms with E-state index >= 15 is 0 Å². The lowest BCUT2D eigenvalue weighted by molar-refractivity contribution is -0.133. The molecule has 0 aliphatic carbocycles. The minimum Gasteiger partial charge on any atom is -0.491 e. The smallest absolute Gasteiger partial charge is 0.265 e. The van der Waals surface area contributed by atoms with Crippen molar-refractivity contribution in [1.29, 1.82) is 0 Å². The van der Waals surface area contributed by atoms with Crippen LogP contribution in [0.5, 0.6) is 11.5 Å². The molecule has 1 atom stereocenters. The Hall–Kier alpha value is -3.26. The molecule has 3 aromatic carbocycles. The Morgan fingerprint density at radius 3 is 2.41 bits per heavy atom. The van der Waals surface area contributed by atoms with Crippen LogP contribution in [0, 0.1) is 0 Å². The number of anilines is 1. The molecule has 0 radical (unpaired) electrons. The molecule has 1 fully saturated rings. The number of nitrogens with zero attached hydrogens (tertiary/aromatic N) is 3. The standard InChI is InChI=1S/C32H35Cl2N3O4/c1-21(2)41-25-8-6-7-24(15-25)22-9-11-23(12-10-22)29(18-36-13-4-5-14-36)35(3)31(38)19-37-28-16-26(33)27(34)17-30(28)40-20-32(37)39/h6-12,15-17,21,29H,4-5,13-14,18-20H2,1-3H3. The summed E-state index contributed by atoms with van der Waals surface area (Å²) in [6.45, 7) is 6.47. The average molecular weight is 597 g/mol. The number of likely N-dealkylation sites (N-methyl/N-ethyl adjacent to an activating group) is 1. The first-order chi connectivity index (χ1) is 19.7. The van der Waals surface area contributed by atoms with Crippen molar-refractivity contribution in [3.05, 3.63) is 76.3 Å². The van der Waals surface area contributed by atoms with E-state index in [1.165, 1.54) is 4.90 Å². The molecule has 216 valence electrons. The molecule has 1 unspecified atom stereocenters. The Labute approximate surface area is 251 Å². The van der Waals surface area contributed by atoms with Gasteiger partial charge in [-0.25, -0.2) is 0 Å². The third-order valence-corrected chi connectivity index (χ3v) is 8.29. The van der Waals surface area contributed by atoms with E-state index in [1.807, 2.05) is 39.1 Å². The molecule has 0 N–H and O–H groups in total. The number of hydrogen-bond donors (Lipinski definition) is 0. The maximum atomic E-state index is 13.7. The summed E-state index contributed by atoms with van der Waals surface area (Å²) in [5, 5.41) is 0.624. The monoisotopic (exact) mass is 595 g/mol. The quantitative estimate of drug-likeness (QED) is 0.284. The summed E-state index contributed by atoms with van der Waals surface area (Å²) in [5.41, 5.74) is 3.62. The van der Waals surface area contributed by atoms with Crippen LogP contribution in [0.15, 0.2) is 60.7 Å². The lowest BCUT2D eigenvalue weighted by Gasteiger charge is -2.35. The van der Waals surface area contributed by atoms with Gasteiger partial charge in [0, 0.05) is 19.7 Å². The Bertz CT molecular complexity index is 1410. The molecule has 2 amide bonds. The van der Waals surface area contributed by atoms with Gasteiger partial charge < -0.3 is 19.3 Å². The first-order valence-corrected chi connectivity index (χ1v) is 14.7. The second-order valence-electron chi connectivity index (χ2n) is 10.8. The van der Waals surface area contributed by atoms with Gasteiger partial charge in [-0.3, -0.25) is 14.5 Å². The highest BCUT2D eigenvalue weighted by atomic mass is 35.5. The van der Waals surface area contributed by atoms with Crippen LogP contribution in [-0.4, -0.2) is 67.6 Å². The molecule has 0 aromatic heterocycles. The maximum Gasteiger partial charge on any atom is 0.265 e. The van der Waals surface area contributed by atoms with Crippen molar-refractivity contribution in [2.24, 2.45) is 0 Å². The van der Waals surface area contributed by atoms with Gasteiger partial charge in [-0.2, -0.15) is 0 Å². The van der Waals surface area contributed by atoms with Crippen LogP contribution in [0.4, 0.5) is 5.69 Å². The van der Waals surface area contributed by atoms with Gasteiger partial charge in [0.05, 0.1) is 27.9 Å². The van der Waals surface area contributed by atoms with Crippen LogP contribution < -0.4 is 14.4 Å². The third kappa shape index (κ3) is 6.80. The van der Waals surface area contributed by atoms with Gasteiger partial charge in [0.2, 0.25) is 5.91 Å². The number of halogens is 2. The zero-order valence-corrected chi connectivity index (χ0v) is 25.1. The molecule has 5 rings (SSSR count). The maximum absolute atomic E-state index is 13.7. The molecule has 2 aliphatic heterocycles. The fourth-order valence-electron chi connectivity index (χ4n) is 5.37. The Kier molecular flexibility index (Phi) is 9.07. The predicted octanol–water partition coefficient (Wildman–Crippen LogP) is 6.47. The average Bonchev–Trinajstić information content (AvgIpc) is 3.47. The van der Waals surface area contributed by atoms with Crippen molar-refractivity contribution in [2.75, 3.05) is 44.7 Å². The van der Waals surface area contributed by atoms with E-state index in [2.05, 4.69) is 35.2 Å². The second kappa shape index (κ2) is 12.7. The number of amides is 2. The number of benzene rings is 3. The molecular weight excluding hydrogens is 561 g/mol. The van der Waals surface area contributed by atoms with Crippen molar-refractivity contribution in [1.82, 2.24) is 9.80 Å². The molecule has 0 saturated carbocycles. The van der Waals surface area contributed by atoms with Crippen LogP contribution in [0.3, 0.4) is 0 Å². The molecule has 3 aromatic rings. The Balaban J connectivity index is 1.38. The minimum absolute atomic E-state index is 0.100. The van der Waals surface area contributed by atoms with Crippen LogP contribution in [0.1, 0.15) is 38.3 Å². The van der Waals surface area contributed by atoms with Gasteiger partial charge in [-0.1, -0.05) is 59.6 Å². The number of carbonyl (C=O) groups is 2. The number of rotatable bonds is 9. The van der Waals surface area contributed by atoms with Crippen LogP contribution >= 0.6 is 23.2 Å². The van der Waals surface area contributed by atoms with E-state index in [4.69, 9.17) is 32.7 Å². The summed E-state index contributed by atoms with van der Waals surface area (Å²) in [5.74, 6) is 0.786. The van der Waals surface area contributed by atoms with Crippen molar-refractivity contribution < 1.29 is 19.1 Å². The van der Waals surface area contributed by atoms with Gasteiger partial charge in [-0.15, -0.1) is 0 Å². The van der Waals surface area contributed by atoms with Crippen molar-refractivity contribution >= 4 is 40.7 Å². The number of carbonyl (C=O) groups excluding carboxylic acids is 2. The third-order valence-electron chi connectivity index (χ3n) is 7.56. The summed E-state index contributed by atoms with van der Waals surface area (Å²) in [6.07, 6.45) is 2.41. The Morgan fingerprint density at radius 1 is 1.00 bits per heavy atom. The summed E-state index contributed by atoms with van der Waals surface area (Å²) in [7, 11) is 1.81. The first-order valence-electron chi connectivity index (χ1n) is 14.0. The topological polar surface area (TPSA) is 62.3 Å². The SMILES string of the molecule is CC(C)Oc1cccc(-c2ccc(C(CN3CCCC3)N(C)C(=O)CN3C(=O)COc4cc(Cl)c(Cl)cc43)cc2)c1. The molecule has 1 saturated heterocycles. The number of fused-ring (bicyclic) bond motifs is 1. The summed E-state index contributed by atoms with van der Waals surface area (Å²) in [4.78, 5) is 32.1. The van der Waals surface area contributed by atoms with E-state index in [0.29, 0.717) is 28.0 Å². The molecule has 0 spiro atoms. The van der Waals surface area contributed by atoms with E-state index < -0.39 is 0 Å². The predicted molar refractivity (Wildman–Crippen MR) is 163 cm³/mol. The lowest BCUT2D eigenvalue weighted by atomic mass is 9.99. The lowest BCUT2D eigenvalue weighted by Crippen LogP contribution is -2.47. The van der Waals surface area contributed by atoms with Gasteiger partial charge in [-0.05, 0) is 74.7 Å². The van der Waals surface area contributed by atoms with E-state index in [-0.39, 0.29) is 37.1 Å². The molecule has 7 nitrogen and oxygen atoms in total. The fraction of sp³-hybridized carbons (Fsp3) is 0.375. The fourth-order valence-corrected chi connectivity index (χ4v) is 5.68. The molecule has 2 aliphatic rings. The molecular formula is C32H35Cl2N3O4. The summed E-state index contributed by atoms with van der Waals surface area (Å²) in [6, 6.07) is 19.4.